The Balaban J connectivity index is 1.69. The molecule has 0 saturated carbocycles. The molecule has 1 aromatic rings. The van der Waals surface area contributed by atoms with Gasteiger partial charge in [0, 0.05) is 5.41 Å². The van der Waals surface area contributed by atoms with Gasteiger partial charge in [-0.3, -0.25) is 4.79 Å². The molecule has 2 fully saturated rings. The quantitative estimate of drug-likeness (QED) is 0.837. The van der Waals surface area contributed by atoms with E-state index in [4.69, 9.17) is 9.26 Å². The first-order valence-corrected chi connectivity index (χ1v) is 6.95. The molecule has 104 valence electrons. The van der Waals surface area contributed by atoms with Gasteiger partial charge in [-0.2, -0.15) is 4.98 Å². The highest BCUT2D eigenvalue weighted by Crippen LogP contribution is 2.43. The lowest BCUT2D eigenvalue weighted by Crippen LogP contribution is -2.22. The summed E-state index contributed by atoms with van der Waals surface area (Å²) in [6, 6.07) is 0. The van der Waals surface area contributed by atoms with Crippen LogP contribution in [0, 0.1) is 5.41 Å². The molecule has 5 nitrogen and oxygen atoms in total. The Morgan fingerprint density at radius 1 is 1.37 bits per heavy atom. The Kier molecular flexibility index (Phi) is 2.96. The van der Waals surface area contributed by atoms with Gasteiger partial charge in [0.05, 0.1) is 24.5 Å². The smallest absolute Gasteiger partial charge is 0.234 e. The van der Waals surface area contributed by atoms with Crippen LogP contribution in [0.2, 0.25) is 0 Å². The van der Waals surface area contributed by atoms with Crippen LogP contribution in [0.15, 0.2) is 4.52 Å². The van der Waals surface area contributed by atoms with E-state index in [9.17, 15) is 4.79 Å². The topological polar surface area (TPSA) is 65.2 Å². The number of carbonyl (C=O) groups is 1. The van der Waals surface area contributed by atoms with Crippen LogP contribution in [0.4, 0.5) is 0 Å². The molecule has 2 aliphatic heterocycles. The van der Waals surface area contributed by atoms with E-state index in [1.165, 1.54) is 0 Å². The molecule has 3 atom stereocenters. The molecule has 0 spiro atoms. The average Bonchev–Trinajstić information content (AvgIpc) is 3.02. The molecular formula is C14H20N2O3. The molecule has 0 amide bonds. The fourth-order valence-electron chi connectivity index (χ4n) is 2.80. The van der Waals surface area contributed by atoms with Crippen LogP contribution >= 0.6 is 0 Å². The van der Waals surface area contributed by atoms with E-state index in [0.29, 0.717) is 17.8 Å². The van der Waals surface area contributed by atoms with Gasteiger partial charge in [-0.15, -0.1) is 0 Å². The highest BCUT2D eigenvalue weighted by Gasteiger charge is 2.43. The summed E-state index contributed by atoms with van der Waals surface area (Å²) in [5.74, 6) is 1.51. The molecule has 3 unspecified atom stereocenters. The Hall–Kier alpha value is -1.23. The van der Waals surface area contributed by atoms with Crippen LogP contribution in [0.1, 0.15) is 57.7 Å². The van der Waals surface area contributed by atoms with Gasteiger partial charge in [-0.05, 0) is 19.3 Å². The SMILES string of the molecule is CC(C)(C)C(=O)Cc1nc(C2CC3CCC2O3)no1. The number of hydrogen-bond donors (Lipinski definition) is 0. The van der Waals surface area contributed by atoms with E-state index >= 15 is 0 Å². The van der Waals surface area contributed by atoms with Gasteiger partial charge < -0.3 is 9.26 Å². The second-order valence-electron chi connectivity index (χ2n) is 6.61. The van der Waals surface area contributed by atoms with Crippen molar-refractivity contribution in [2.24, 2.45) is 5.41 Å². The number of fused-ring (bicyclic) bond motifs is 2. The summed E-state index contributed by atoms with van der Waals surface area (Å²) in [5.41, 5.74) is -0.371. The number of rotatable bonds is 3. The molecule has 2 bridgehead atoms. The van der Waals surface area contributed by atoms with Crippen molar-refractivity contribution in [1.82, 2.24) is 10.1 Å². The zero-order valence-corrected chi connectivity index (χ0v) is 11.7. The van der Waals surface area contributed by atoms with Crippen LogP contribution in [-0.2, 0) is 16.0 Å². The zero-order chi connectivity index (χ0) is 13.6. The average molecular weight is 264 g/mol. The summed E-state index contributed by atoms with van der Waals surface area (Å²) in [7, 11) is 0. The van der Waals surface area contributed by atoms with E-state index in [0.717, 1.165) is 19.3 Å². The van der Waals surface area contributed by atoms with Gasteiger partial charge in [-0.25, -0.2) is 0 Å². The van der Waals surface area contributed by atoms with Crippen LogP contribution in [0.25, 0.3) is 0 Å². The van der Waals surface area contributed by atoms with Crippen molar-refractivity contribution in [3.05, 3.63) is 11.7 Å². The van der Waals surface area contributed by atoms with Crippen molar-refractivity contribution < 1.29 is 14.1 Å². The van der Waals surface area contributed by atoms with Gasteiger partial charge in [-0.1, -0.05) is 25.9 Å². The molecule has 2 aliphatic rings. The van der Waals surface area contributed by atoms with E-state index < -0.39 is 0 Å². The highest BCUT2D eigenvalue weighted by atomic mass is 16.5. The van der Waals surface area contributed by atoms with E-state index in [2.05, 4.69) is 10.1 Å². The molecular weight excluding hydrogens is 244 g/mol. The zero-order valence-electron chi connectivity index (χ0n) is 11.7. The van der Waals surface area contributed by atoms with Gasteiger partial charge in [0.2, 0.25) is 5.89 Å². The van der Waals surface area contributed by atoms with E-state index in [-0.39, 0.29) is 29.6 Å². The first-order chi connectivity index (χ1) is 8.93. The third-order valence-corrected chi connectivity index (χ3v) is 4.07. The van der Waals surface area contributed by atoms with Crippen LogP contribution in [0.3, 0.4) is 0 Å². The maximum atomic E-state index is 11.9. The Morgan fingerprint density at radius 3 is 2.74 bits per heavy atom. The van der Waals surface area contributed by atoms with Gasteiger partial charge >= 0.3 is 0 Å². The first-order valence-electron chi connectivity index (χ1n) is 6.95. The minimum absolute atomic E-state index is 0.117. The van der Waals surface area contributed by atoms with Crippen molar-refractivity contribution in [2.75, 3.05) is 0 Å². The maximum absolute atomic E-state index is 11.9. The monoisotopic (exact) mass is 264 g/mol. The largest absolute Gasteiger partial charge is 0.374 e. The third-order valence-electron chi connectivity index (χ3n) is 4.07. The number of Topliss-reactive ketones (excluding diaryl/α,β-unsaturated/α-hetero) is 1. The number of hydrogen-bond acceptors (Lipinski definition) is 5. The minimum atomic E-state index is -0.371. The molecule has 0 aliphatic carbocycles. The van der Waals surface area contributed by atoms with Gasteiger partial charge in [0.25, 0.3) is 0 Å². The molecule has 3 rings (SSSR count). The van der Waals surface area contributed by atoms with E-state index in [1.54, 1.807) is 0 Å². The molecule has 0 radical (unpaired) electrons. The Morgan fingerprint density at radius 2 is 2.16 bits per heavy atom. The van der Waals surface area contributed by atoms with Gasteiger partial charge in [0.1, 0.15) is 5.78 Å². The molecule has 0 N–H and O–H groups in total. The first kappa shape index (κ1) is 12.8. The number of nitrogens with zero attached hydrogens (tertiary/aromatic N) is 2. The summed E-state index contributed by atoms with van der Waals surface area (Å²) in [4.78, 5) is 16.3. The maximum Gasteiger partial charge on any atom is 0.234 e. The second kappa shape index (κ2) is 4.40. The predicted octanol–water partition coefficient (Wildman–Crippen LogP) is 2.26. The number of carbonyl (C=O) groups excluding carboxylic acids is 1. The molecule has 2 saturated heterocycles. The summed E-state index contributed by atoms with van der Waals surface area (Å²) < 4.78 is 11.0. The van der Waals surface area contributed by atoms with Crippen molar-refractivity contribution in [3.8, 4) is 0 Å². The van der Waals surface area contributed by atoms with Crippen LogP contribution in [0.5, 0.6) is 0 Å². The summed E-state index contributed by atoms with van der Waals surface area (Å²) in [6.07, 6.45) is 4.05. The number of ketones is 1. The predicted molar refractivity (Wildman–Crippen MR) is 67.7 cm³/mol. The number of aromatic nitrogens is 2. The normalized spacial score (nSPS) is 29.9. The standard InChI is InChI=1S/C14H20N2O3/c1-14(2,3)11(17)7-12-15-13(16-19-12)9-6-8-4-5-10(9)18-8/h8-10H,4-7H2,1-3H3. The molecule has 0 aromatic carbocycles. The lowest BCUT2D eigenvalue weighted by Gasteiger charge is -2.14. The molecule has 1 aromatic heterocycles. The fourth-order valence-corrected chi connectivity index (χ4v) is 2.80. The molecule has 19 heavy (non-hydrogen) atoms. The van der Waals surface area contributed by atoms with Crippen molar-refractivity contribution in [2.45, 2.75) is 64.6 Å². The van der Waals surface area contributed by atoms with Crippen molar-refractivity contribution >= 4 is 5.78 Å². The van der Waals surface area contributed by atoms with Crippen LogP contribution < -0.4 is 0 Å². The van der Waals surface area contributed by atoms with Gasteiger partial charge in [0.15, 0.2) is 5.82 Å². The fraction of sp³-hybridized carbons (Fsp3) is 0.786. The summed E-state index contributed by atoms with van der Waals surface area (Å²) in [5, 5.41) is 4.03. The highest BCUT2D eigenvalue weighted by molar-refractivity contribution is 5.84. The van der Waals surface area contributed by atoms with Crippen molar-refractivity contribution in [1.29, 1.82) is 0 Å². The Bertz CT molecular complexity index is 489. The summed E-state index contributed by atoms with van der Waals surface area (Å²) >= 11 is 0. The third kappa shape index (κ3) is 2.43. The lowest BCUT2D eigenvalue weighted by molar-refractivity contribution is -0.125. The molecule has 3 heterocycles. The second-order valence-corrected chi connectivity index (χ2v) is 6.61. The molecule has 5 heteroatoms. The Labute approximate surface area is 112 Å². The minimum Gasteiger partial charge on any atom is -0.374 e. The lowest BCUT2D eigenvalue weighted by atomic mass is 9.88. The summed E-state index contributed by atoms with van der Waals surface area (Å²) in [6.45, 7) is 5.70. The van der Waals surface area contributed by atoms with E-state index in [1.807, 2.05) is 20.8 Å². The van der Waals surface area contributed by atoms with Crippen molar-refractivity contribution in [3.63, 3.8) is 0 Å². The van der Waals surface area contributed by atoms with Crippen LogP contribution in [-0.4, -0.2) is 28.1 Å². The number of ether oxygens (including phenoxy) is 1.